The first kappa shape index (κ1) is 13.6. The molecule has 0 saturated heterocycles. The van der Waals surface area contributed by atoms with E-state index in [2.05, 4.69) is 0 Å². The highest BCUT2D eigenvalue weighted by atomic mass is 31.2. The van der Waals surface area contributed by atoms with Gasteiger partial charge in [0, 0.05) is 0 Å². The van der Waals surface area contributed by atoms with Gasteiger partial charge in [0.15, 0.2) is 0 Å². The first-order valence-corrected chi connectivity index (χ1v) is 6.47. The quantitative estimate of drug-likeness (QED) is 0.402. The van der Waals surface area contributed by atoms with Gasteiger partial charge in [-0.15, -0.1) is 0 Å². The van der Waals surface area contributed by atoms with Gasteiger partial charge in [-0.2, -0.15) is 0 Å². The summed E-state index contributed by atoms with van der Waals surface area (Å²) in [6, 6.07) is 0. The largest absolute Gasteiger partial charge is 0.465 e. The van der Waals surface area contributed by atoms with Crippen molar-refractivity contribution in [2.45, 2.75) is 38.8 Å². The van der Waals surface area contributed by atoms with E-state index < -0.39 is 19.1 Å². The number of hydrogen-bond acceptors (Lipinski definition) is 3. The van der Waals surface area contributed by atoms with Crippen molar-refractivity contribution in [3.63, 3.8) is 0 Å². The van der Waals surface area contributed by atoms with Crippen LogP contribution in [-0.2, 0) is 14.1 Å². The lowest BCUT2D eigenvalue weighted by molar-refractivity contribution is -0.143. The van der Waals surface area contributed by atoms with Crippen LogP contribution in [0.15, 0.2) is 0 Å². The SMILES string of the molecule is CCCCCOC(=O)[C@H](C)P(N)(=O)O. The Morgan fingerprint density at radius 1 is 1.57 bits per heavy atom. The van der Waals surface area contributed by atoms with Gasteiger partial charge in [-0.05, 0) is 13.3 Å². The summed E-state index contributed by atoms with van der Waals surface area (Å²) in [5.41, 5.74) is 3.79. The highest BCUT2D eigenvalue weighted by Gasteiger charge is 2.30. The number of rotatable bonds is 6. The molecule has 0 heterocycles. The minimum atomic E-state index is -3.84. The molecule has 14 heavy (non-hydrogen) atoms. The molecule has 3 N–H and O–H groups in total. The van der Waals surface area contributed by atoms with Crippen LogP contribution >= 0.6 is 7.52 Å². The molecule has 0 aromatic rings. The summed E-state index contributed by atoms with van der Waals surface area (Å²) in [6.45, 7) is 3.62. The van der Waals surface area contributed by atoms with Gasteiger partial charge in [0.2, 0.25) is 0 Å². The lowest BCUT2D eigenvalue weighted by atomic mass is 10.3. The average Bonchev–Trinajstić information content (AvgIpc) is 2.09. The van der Waals surface area contributed by atoms with Gasteiger partial charge < -0.3 is 9.63 Å². The Labute approximate surface area is 84.1 Å². The standard InChI is InChI=1S/C8H18NO4P/c1-3-4-5-6-13-8(10)7(2)14(9,11)12/h7H,3-6H2,1-2H3,(H3,9,11,12)/t7-/m0/s1. The molecule has 0 spiro atoms. The molecule has 0 aromatic carbocycles. The van der Waals surface area contributed by atoms with Crippen molar-refractivity contribution in [2.75, 3.05) is 6.61 Å². The van der Waals surface area contributed by atoms with Crippen LogP contribution in [0.1, 0.15) is 33.1 Å². The molecule has 0 saturated carbocycles. The molecule has 0 amide bonds. The highest BCUT2D eigenvalue weighted by Crippen LogP contribution is 2.37. The van der Waals surface area contributed by atoms with Gasteiger partial charge in [-0.25, -0.2) is 0 Å². The molecule has 6 heteroatoms. The van der Waals surface area contributed by atoms with Crippen molar-refractivity contribution >= 4 is 13.5 Å². The summed E-state index contributed by atoms with van der Waals surface area (Å²) in [5, 5.41) is 0. The van der Waals surface area contributed by atoms with Crippen LogP contribution in [0.5, 0.6) is 0 Å². The number of ether oxygens (including phenoxy) is 1. The third kappa shape index (κ3) is 5.37. The molecular weight excluding hydrogens is 205 g/mol. The van der Waals surface area contributed by atoms with E-state index in [1.807, 2.05) is 6.92 Å². The normalized spacial score (nSPS) is 17.1. The van der Waals surface area contributed by atoms with Crippen molar-refractivity contribution < 1.29 is 19.0 Å². The monoisotopic (exact) mass is 223 g/mol. The Balaban J connectivity index is 3.80. The maximum Gasteiger partial charge on any atom is 0.319 e. The van der Waals surface area contributed by atoms with E-state index in [-0.39, 0.29) is 6.61 Å². The maximum absolute atomic E-state index is 11.1. The summed E-state index contributed by atoms with van der Waals surface area (Å²) in [4.78, 5) is 20.0. The van der Waals surface area contributed by atoms with Crippen LogP contribution < -0.4 is 5.50 Å². The molecule has 5 nitrogen and oxygen atoms in total. The molecule has 0 aliphatic rings. The van der Waals surface area contributed by atoms with Gasteiger partial charge in [0.1, 0.15) is 5.66 Å². The summed E-state index contributed by atoms with van der Waals surface area (Å²) < 4.78 is 15.7. The van der Waals surface area contributed by atoms with Crippen LogP contribution in [0.4, 0.5) is 0 Å². The fourth-order valence-corrected chi connectivity index (χ4v) is 1.17. The van der Waals surface area contributed by atoms with Gasteiger partial charge in [0.05, 0.1) is 6.61 Å². The summed E-state index contributed by atoms with van der Waals surface area (Å²) in [6.07, 6.45) is 2.78. The van der Waals surface area contributed by atoms with Crippen molar-refractivity contribution in [2.24, 2.45) is 5.50 Å². The molecule has 0 rings (SSSR count). The topological polar surface area (TPSA) is 89.6 Å². The van der Waals surface area contributed by atoms with E-state index >= 15 is 0 Å². The molecule has 0 aliphatic carbocycles. The molecule has 84 valence electrons. The van der Waals surface area contributed by atoms with E-state index in [1.54, 1.807) is 0 Å². The Morgan fingerprint density at radius 2 is 2.14 bits per heavy atom. The minimum absolute atomic E-state index is 0.289. The number of nitrogens with two attached hydrogens (primary N) is 1. The molecule has 1 unspecified atom stereocenters. The molecule has 0 aliphatic heterocycles. The van der Waals surface area contributed by atoms with Crippen LogP contribution in [0, 0.1) is 0 Å². The molecule has 0 radical (unpaired) electrons. The number of hydrogen-bond donors (Lipinski definition) is 2. The predicted molar refractivity (Wildman–Crippen MR) is 54.0 cm³/mol. The summed E-state index contributed by atoms with van der Waals surface area (Å²) in [5.74, 6) is -0.700. The Morgan fingerprint density at radius 3 is 2.57 bits per heavy atom. The van der Waals surface area contributed by atoms with E-state index in [1.165, 1.54) is 6.92 Å². The zero-order chi connectivity index (χ0) is 11.2. The Kier molecular flexibility index (Phi) is 6.00. The van der Waals surface area contributed by atoms with Crippen molar-refractivity contribution in [1.29, 1.82) is 0 Å². The third-order valence-corrected chi connectivity index (χ3v) is 3.21. The number of carbonyl (C=O) groups excluding carboxylic acids is 1. The van der Waals surface area contributed by atoms with E-state index in [9.17, 15) is 9.36 Å². The summed E-state index contributed by atoms with van der Waals surface area (Å²) >= 11 is 0. The predicted octanol–water partition coefficient (Wildman–Crippen LogP) is 1.25. The number of unbranched alkanes of at least 4 members (excludes halogenated alkanes) is 2. The second-order valence-electron chi connectivity index (χ2n) is 3.22. The molecule has 2 atom stereocenters. The van der Waals surface area contributed by atoms with Crippen molar-refractivity contribution in [3.8, 4) is 0 Å². The Hall–Kier alpha value is -0.380. The fourth-order valence-electron chi connectivity index (χ4n) is 0.796. The minimum Gasteiger partial charge on any atom is -0.465 e. The molecule has 0 bridgehead atoms. The first-order valence-electron chi connectivity index (χ1n) is 4.67. The second-order valence-corrected chi connectivity index (χ2v) is 5.34. The zero-order valence-corrected chi connectivity index (χ0v) is 9.50. The van der Waals surface area contributed by atoms with Gasteiger partial charge in [-0.3, -0.25) is 14.9 Å². The van der Waals surface area contributed by atoms with Crippen LogP contribution in [-0.4, -0.2) is 23.1 Å². The van der Waals surface area contributed by atoms with E-state index in [4.69, 9.17) is 15.1 Å². The van der Waals surface area contributed by atoms with Gasteiger partial charge >= 0.3 is 5.97 Å². The van der Waals surface area contributed by atoms with Crippen LogP contribution in [0.2, 0.25) is 0 Å². The first-order chi connectivity index (χ1) is 6.39. The Bertz CT molecular complexity index is 225. The molecular formula is C8H18NO4P. The lowest BCUT2D eigenvalue weighted by Crippen LogP contribution is -2.23. The molecule has 0 fully saturated rings. The second kappa shape index (κ2) is 6.17. The van der Waals surface area contributed by atoms with Crippen molar-refractivity contribution in [1.82, 2.24) is 0 Å². The fraction of sp³-hybridized carbons (Fsp3) is 0.875. The number of carbonyl (C=O) groups is 1. The van der Waals surface area contributed by atoms with E-state index in [0.717, 1.165) is 19.3 Å². The highest BCUT2D eigenvalue weighted by molar-refractivity contribution is 7.57. The average molecular weight is 223 g/mol. The maximum atomic E-state index is 11.1. The number of esters is 1. The summed E-state index contributed by atoms with van der Waals surface area (Å²) in [7, 11) is -3.84. The third-order valence-electron chi connectivity index (χ3n) is 1.89. The van der Waals surface area contributed by atoms with Crippen LogP contribution in [0.25, 0.3) is 0 Å². The van der Waals surface area contributed by atoms with E-state index in [0.29, 0.717) is 0 Å². The molecule has 0 aromatic heterocycles. The smallest absolute Gasteiger partial charge is 0.319 e. The zero-order valence-electron chi connectivity index (χ0n) is 8.60. The van der Waals surface area contributed by atoms with Crippen molar-refractivity contribution in [3.05, 3.63) is 0 Å². The lowest BCUT2D eigenvalue weighted by Gasteiger charge is -2.13. The van der Waals surface area contributed by atoms with Gasteiger partial charge in [-0.1, -0.05) is 19.8 Å². The van der Waals surface area contributed by atoms with Crippen LogP contribution in [0.3, 0.4) is 0 Å². The van der Waals surface area contributed by atoms with Gasteiger partial charge in [0.25, 0.3) is 7.52 Å².